The monoisotopic (exact) mass is 444 g/mol. The van der Waals surface area contributed by atoms with Gasteiger partial charge in [-0.3, -0.25) is 4.18 Å². The Balaban J connectivity index is 1.76. The molecule has 1 unspecified atom stereocenters. The van der Waals surface area contributed by atoms with E-state index in [-0.39, 0.29) is 12.4 Å². The highest BCUT2D eigenvalue weighted by atomic mass is 32.2. The van der Waals surface area contributed by atoms with E-state index in [1.54, 1.807) is 21.0 Å². The summed E-state index contributed by atoms with van der Waals surface area (Å²) in [6.07, 6.45) is -1.87. The SMILES string of the molecule is COC(C)c1nn([C@@H]2O[C@H](COS(N)(=O)=O)[C@H]3OC(C)(C)O[C@H]32)c2ncnc(N)c12. The van der Waals surface area contributed by atoms with Crippen LogP contribution in [0.5, 0.6) is 0 Å². The van der Waals surface area contributed by atoms with Gasteiger partial charge in [-0.1, -0.05) is 0 Å². The third-order valence-corrected chi connectivity index (χ3v) is 5.51. The molecular formula is C16H24N6O7S. The van der Waals surface area contributed by atoms with E-state index in [0.29, 0.717) is 16.7 Å². The fraction of sp³-hybridized carbons (Fsp3) is 0.688. The van der Waals surface area contributed by atoms with Crippen molar-refractivity contribution in [3.63, 3.8) is 0 Å². The fourth-order valence-electron chi connectivity index (χ4n) is 3.75. The lowest BCUT2D eigenvalue weighted by molar-refractivity contribution is -0.200. The highest BCUT2D eigenvalue weighted by molar-refractivity contribution is 7.84. The summed E-state index contributed by atoms with van der Waals surface area (Å²) in [6.45, 7) is 4.98. The van der Waals surface area contributed by atoms with Crippen LogP contribution < -0.4 is 10.9 Å². The molecule has 14 heteroatoms. The Labute approximate surface area is 172 Å². The van der Waals surface area contributed by atoms with E-state index in [4.69, 9.17) is 34.0 Å². The summed E-state index contributed by atoms with van der Waals surface area (Å²) in [5.74, 6) is -0.672. The number of fused-ring (bicyclic) bond motifs is 2. The van der Waals surface area contributed by atoms with Crippen molar-refractivity contribution in [2.75, 3.05) is 19.5 Å². The van der Waals surface area contributed by atoms with Gasteiger partial charge in [0, 0.05) is 7.11 Å². The molecule has 2 saturated heterocycles. The van der Waals surface area contributed by atoms with Crippen LogP contribution in [0.3, 0.4) is 0 Å². The third-order valence-electron chi connectivity index (χ3n) is 5.05. The number of aromatic nitrogens is 4. The topological polar surface area (TPSA) is 176 Å². The van der Waals surface area contributed by atoms with Gasteiger partial charge in [0.25, 0.3) is 0 Å². The zero-order chi connectivity index (χ0) is 21.8. The van der Waals surface area contributed by atoms with Gasteiger partial charge in [0.2, 0.25) is 0 Å². The van der Waals surface area contributed by atoms with Crippen molar-refractivity contribution in [3.05, 3.63) is 12.0 Å². The van der Waals surface area contributed by atoms with Crippen LogP contribution in [0.2, 0.25) is 0 Å². The highest BCUT2D eigenvalue weighted by Crippen LogP contribution is 2.44. The first kappa shape index (κ1) is 21.3. The predicted octanol–water partition coefficient (Wildman–Crippen LogP) is -0.246. The molecule has 2 fully saturated rings. The van der Waals surface area contributed by atoms with Gasteiger partial charge in [0.1, 0.15) is 36.2 Å². The largest absolute Gasteiger partial charge is 0.383 e. The Kier molecular flexibility index (Phi) is 5.21. The van der Waals surface area contributed by atoms with E-state index in [9.17, 15) is 8.42 Å². The molecule has 4 N–H and O–H groups in total. The van der Waals surface area contributed by atoms with E-state index in [2.05, 4.69) is 15.1 Å². The molecule has 2 aromatic heterocycles. The molecule has 0 radical (unpaired) electrons. The lowest BCUT2D eigenvalue weighted by atomic mass is 10.1. The zero-order valence-corrected chi connectivity index (χ0v) is 17.7. The first-order chi connectivity index (χ1) is 14.0. The van der Waals surface area contributed by atoms with E-state index < -0.39 is 46.7 Å². The summed E-state index contributed by atoms with van der Waals surface area (Å²) in [5.41, 5.74) is 7.03. The molecule has 0 amide bonds. The number of nitrogens with two attached hydrogens (primary N) is 2. The fourth-order valence-corrected chi connectivity index (χ4v) is 4.07. The summed E-state index contributed by atoms with van der Waals surface area (Å²) >= 11 is 0. The molecule has 2 aliphatic rings. The van der Waals surface area contributed by atoms with Gasteiger partial charge in [-0.15, -0.1) is 0 Å². The average molecular weight is 444 g/mol. The van der Waals surface area contributed by atoms with Gasteiger partial charge in [0.05, 0.1) is 18.1 Å². The summed E-state index contributed by atoms with van der Waals surface area (Å²) in [5, 5.41) is 10.1. The van der Waals surface area contributed by atoms with Crippen molar-refractivity contribution in [1.29, 1.82) is 0 Å². The maximum Gasteiger partial charge on any atom is 0.333 e. The average Bonchev–Trinajstić information content (AvgIpc) is 3.28. The third kappa shape index (κ3) is 3.75. The van der Waals surface area contributed by atoms with Gasteiger partial charge < -0.3 is 24.7 Å². The second-order valence-corrected chi connectivity index (χ2v) is 8.79. The van der Waals surface area contributed by atoms with Crippen molar-refractivity contribution < 1.29 is 31.5 Å². The molecule has 166 valence electrons. The number of rotatable bonds is 6. The quantitative estimate of drug-likeness (QED) is 0.601. The number of anilines is 1. The van der Waals surface area contributed by atoms with E-state index in [1.807, 2.05) is 6.92 Å². The van der Waals surface area contributed by atoms with Crippen LogP contribution in [0.1, 0.15) is 38.8 Å². The second kappa shape index (κ2) is 7.33. The molecule has 4 heterocycles. The van der Waals surface area contributed by atoms with Crippen molar-refractivity contribution >= 4 is 27.2 Å². The van der Waals surface area contributed by atoms with Crippen molar-refractivity contribution in [2.45, 2.75) is 57.2 Å². The summed E-state index contributed by atoms with van der Waals surface area (Å²) in [4.78, 5) is 8.36. The first-order valence-electron chi connectivity index (χ1n) is 9.20. The molecule has 0 spiro atoms. The Morgan fingerprint density at radius 1 is 1.30 bits per heavy atom. The van der Waals surface area contributed by atoms with Crippen LogP contribution >= 0.6 is 0 Å². The van der Waals surface area contributed by atoms with Crippen molar-refractivity contribution in [3.8, 4) is 0 Å². The molecular weight excluding hydrogens is 420 g/mol. The molecule has 0 bridgehead atoms. The number of methoxy groups -OCH3 is 1. The molecule has 5 atom stereocenters. The minimum absolute atomic E-state index is 0.248. The number of nitrogen functional groups attached to an aromatic ring is 1. The van der Waals surface area contributed by atoms with Crippen LogP contribution in [0.25, 0.3) is 11.0 Å². The number of hydrogen-bond acceptors (Lipinski definition) is 11. The molecule has 0 aliphatic carbocycles. The molecule has 30 heavy (non-hydrogen) atoms. The van der Waals surface area contributed by atoms with Crippen molar-refractivity contribution in [1.82, 2.24) is 19.7 Å². The van der Waals surface area contributed by atoms with Gasteiger partial charge in [-0.05, 0) is 20.8 Å². The Morgan fingerprint density at radius 2 is 2.00 bits per heavy atom. The molecule has 0 aromatic carbocycles. The molecule has 2 aromatic rings. The van der Waals surface area contributed by atoms with Crippen LogP contribution in [0.4, 0.5) is 5.82 Å². The van der Waals surface area contributed by atoms with Crippen LogP contribution in [0, 0.1) is 0 Å². The molecule has 4 rings (SSSR count). The maximum atomic E-state index is 11.2. The van der Waals surface area contributed by atoms with Crippen LogP contribution in [-0.2, 0) is 33.4 Å². The smallest absolute Gasteiger partial charge is 0.333 e. The molecule has 2 aliphatic heterocycles. The second-order valence-electron chi connectivity index (χ2n) is 7.57. The maximum absolute atomic E-state index is 11.2. The normalized spacial score (nSPS) is 29.4. The standard InChI is InChI=1S/C16H24N6O7S/c1-7(25-4)10-9-13(17)19-6-20-14(9)22(21-10)15-12-11(28-16(2,3)29-12)8(27-15)5-26-30(18,23)24/h6-8,11-12,15H,5H2,1-4H3,(H2,17,19,20)(H2,18,23,24)/t7?,8-,11-,12-,15-/m1/s1. The van der Waals surface area contributed by atoms with E-state index >= 15 is 0 Å². The van der Waals surface area contributed by atoms with E-state index in [1.165, 1.54) is 11.0 Å². The lowest BCUT2D eigenvalue weighted by Gasteiger charge is -2.24. The van der Waals surface area contributed by atoms with Crippen LogP contribution in [0.15, 0.2) is 6.33 Å². The van der Waals surface area contributed by atoms with Gasteiger partial charge >= 0.3 is 10.3 Å². The molecule has 13 nitrogen and oxygen atoms in total. The summed E-state index contributed by atoms with van der Waals surface area (Å²) in [7, 11) is -2.60. The lowest BCUT2D eigenvalue weighted by Crippen LogP contribution is -2.34. The van der Waals surface area contributed by atoms with Gasteiger partial charge in [0.15, 0.2) is 17.7 Å². The number of hydrogen-bond donors (Lipinski definition) is 2. The summed E-state index contributed by atoms with van der Waals surface area (Å²) < 4.78 is 52.2. The number of ether oxygens (including phenoxy) is 4. The minimum Gasteiger partial charge on any atom is -0.383 e. The molecule has 0 saturated carbocycles. The van der Waals surface area contributed by atoms with Crippen LogP contribution in [-0.4, -0.2) is 66.0 Å². The minimum atomic E-state index is -4.15. The Hall–Kier alpha value is -1.94. The summed E-state index contributed by atoms with van der Waals surface area (Å²) in [6, 6.07) is 0. The van der Waals surface area contributed by atoms with Crippen molar-refractivity contribution in [2.24, 2.45) is 5.14 Å². The Morgan fingerprint density at radius 3 is 2.67 bits per heavy atom. The first-order valence-corrected chi connectivity index (χ1v) is 10.7. The predicted molar refractivity (Wildman–Crippen MR) is 102 cm³/mol. The van der Waals surface area contributed by atoms with E-state index in [0.717, 1.165) is 0 Å². The van der Waals surface area contributed by atoms with Gasteiger partial charge in [-0.25, -0.2) is 19.8 Å². The Bertz CT molecular complexity index is 1060. The van der Waals surface area contributed by atoms with Gasteiger partial charge in [-0.2, -0.15) is 13.5 Å². The number of nitrogens with zero attached hydrogens (tertiary/aromatic N) is 4. The highest BCUT2D eigenvalue weighted by Gasteiger charge is 2.57. The zero-order valence-electron chi connectivity index (χ0n) is 16.9.